The Bertz CT molecular complexity index is 207. The summed E-state index contributed by atoms with van der Waals surface area (Å²) in [6.07, 6.45) is 5.41. The van der Waals surface area contributed by atoms with E-state index in [1.54, 1.807) is 0 Å². The van der Waals surface area contributed by atoms with E-state index >= 15 is 0 Å². The zero-order valence-electron chi connectivity index (χ0n) is 12.6. The van der Waals surface area contributed by atoms with Crippen molar-refractivity contribution in [2.24, 2.45) is 11.3 Å². The zero-order valence-corrected chi connectivity index (χ0v) is 12.6. The van der Waals surface area contributed by atoms with Gasteiger partial charge in [0.05, 0.1) is 0 Å². The molecule has 1 aliphatic heterocycles. The predicted molar refractivity (Wildman–Crippen MR) is 76.4 cm³/mol. The molecular weight excluding hydrogens is 208 g/mol. The summed E-state index contributed by atoms with van der Waals surface area (Å²) in [5.41, 5.74) is 0.445. The van der Waals surface area contributed by atoms with Crippen LogP contribution in [-0.2, 0) is 0 Å². The van der Waals surface area contributed by atoms with Crippen molar-refractivity contribution in [3.63, 3.8) is 0 Å². The average molecular weight is 240 g/mol. The van der Waals surface area contributed by atoms with E-state index in [1.807, 2.05) is 0 Å². The number of nitrogens with zero attached hydrogens (tertiary/aromatic N) is 1. The fraction of sp³-hybridized carbons (Fsp3) is 1.00. The minimum atomic E-state index is 0.445. The lowest BCUT2D eigenvalue weighted by Gasteiger charge is -2.37. The van der Waals surface area contributed by atoms with Crippen molar-refractivity contribution in [1.82, 2.24) is 10.2 Å². The topological polar surface area (TPSA) is 15.3 Å². The Morgan fingerprint density at radius 1 is 1.41 bits per heavy atom. The summed E-state index contributed by atoms with van der Waals surface area (Å²) < 4.78 is 0. The molecule has 1 rings (SSSR count). The van der Waals surface area contributed by atoms with Crippen LogP contribution in [-0.4, -0.2) is 37.6 Å². The van der Waals surface area contributed by atoms with Crippen LogP contribution >= 0.6 is 0 Å². The standard InChI is InChI=1S/C15H32N2/c1-6-9-15(4,11-16-5)12-17-10-7-8-14(17)13(2)3/h13-14,16H,6-12H2,1-5H3. The Balaban J connectivity index is 2.59. The number of hydrogen-bond acceptors (Lipinski definition) is 2. The van der Waals surface area contributed by atoms with Crippen molar-refractivity contribution in [2.75, 3.05) is 26.7 Å². The SMILES string of the molecule is CCCC(C)(CNC)CN1CCCC1C(C)C. The molecule has 0 aliphatic carbocycles. The summed E-state index contributed by atoms with van der Waals surface area (Å²) in [4.78, 5) is 2.75. The third kappa shape index (κ3) is 4.26. The van der Waals surface area contributed by atoms with Crippen molar-refractivity contribution in [3.05, 3.63) is 0 Å². The van der Waals surface area contributed by atoms with Crippen LogP contribution in [0.15, 0.2) is 0 Å². The first-order chi connectivity index (χ1) is 8.02. The fourth-order valence-corrected chi connectivity index (χ4v) is 3.55. The molecule has 2 heteroatoms. The molecule has 0 bridgehead atoms. The molecule has 17 heavy (non-hydrogen) atoms. The molecule has 0 amide bonds. The maximum absolute atomic E-state index is 3.38. The minimum Gasteiger partial charge on any atom is -0.319 e. The van der Waals surface area contributed by atoms with Crippen LogP contribution in [0.1, 0.15) is 53.4 Å². The first-order valence-electron chi connectivity index (χ1n) is 7.41. The molecule has 1 fully saturated rings. The summed E-state index contributed by atoms with van der Waals surface area (Å²) in [7, 11) is 2.08. The van der Waals surface area contributed by atoms with Crippen molar-refractivity contribution in [2.45, 2.75) is 59.4 Å². The third-order valence-corrected chi connectivity index (χ3v) is 4.23. The van der Waals surface area contributed by atoms with Gasteiger partial charge < -0.3 is 5.32 Å². The number of rotatable bonds is 7. The zero-order chi connectivity index (χ0) is 12.9. The van der Waals surface area contributed by atoms with Gasteiger partial charge in [0, 0.05) is 19.1 Å². The van der Waals surface area contributed by atoms with Crippen LogP contribution in [0, 0.1) is 11.3 Å². The first-order valence-corrected chi connectivity index (χ1v) is 7.41. The second-order valence-corrected chi connectivity index (χ2v) is 6.52. The summed E-state index contributed by atoms with van der Waals surface area (Å²) in [5.74, 6) is 0.804. The highest BCUT2D eigenvalue weighted by molar-refractivity contribution is 4.87. The molecule has 0 radical (unpaired) electrons. The molecule has 1 heterocycles. The van der Waals surface area contributed by atoms with Crippen LogP contribution in [0.2, 0.25) is 0 Å². The van der Waals surface area contributed by atoms with Gasteiger partial charge in [-0.25, -0.2) is 0 Å². The van der Waals surface area contributed by atoms with Gasteiger partial charge in [-0.1, -0.05) is 34.1 Å². The molecule has 1 N–H and O–H groups in total. The first kappa shape index (κ1) is 15.0. The second kappa shape index (κ2) is 6.75. The molecule has 0 spiro atoms. The van der Waals surface area contributed by atoms with E-state index in [-0.39, 0.29) is 0 Å². The van der Waals surface area contributed by atoms with E-state index in [0.717, 1.165) is 18.5 Å². The molecule has 102 valence electrons. The molecule has 2 unspecified atom stereocenters. The van der Waals surface area contributed by atoms with Crippen LogP contribution < -0.4 is 5.32 Å². The smallest absolute Gasteiger partial charge is 0.0119 e. The Labute approximate surface area is 108 Å². The van der Waals surface area contributed by atoms with E-state index in [1.165, 1.54) is 38.8 Å². The Morgan fingerprint density at radius 3 is 2.65 bits per heavy atom. The van der Waals surface area contributed by atoms with Crippen molar-refractivity contribution < 1.29 is 0 Å². The lowest BCUT2D eigenvalue weighted by atomic mass is 9.84. The highest BCUT2D eigenvalue weighted by Gasteiger charge is 2.33. The Morgan fingerprint density at radius 2 is 2.12 bits per heavy atom. The summed E-state index contributed by atoms with van der Waals surface area (Å²) >= 11 is 0. The molecule has 0 aromatic rings. The van der Waals surface area contributed by atoms with Crippen molar-refractivity contribution >= 4 is 0 Å². The van der Waals surface area contributed by atoms with Gasteiger partial charge in [-0.3, -0.25) is 4.90 Å². The van der Waals surface area contributed by atoms with E-state index < -0.39 is 0 Å². The number of nitrogens with one attached hydrogen (secondary N) is 1. The summed E-state index contributed by atoms with van der Waals surface area (Å²) in [5, 5.41) is 3.38. The second-order valence-electron chi connectivity index (χ2n) is 6.52. The van der Waals surface area contributed by atoms with E-state index in [0.29, 0.717) is 5.41 Å². The van der Waals surface area contributed by atoms with E-state index in [9.17, 15) is 0 Å². The largest absolute Gasteiger partial charge is 0.319 e. The van der Waals surface area contributed by atoms with Gasteiger partial charge >= 0.3 is 0 Å². The Kier molecular flexibility index (Phi) is 5.94. The highest BCUT2D eigenvalue weighted by atomic mass is 15.2. The van der Waals surface area contributed by atoms with E-state index in [4.69, 9.17) is 0 Å². The monoisotopic (exact) mass is 240 g/mol. The Hall–Kier alpha value is -0.0800. The summed E-state index contributed by atoms with van der Waals surface area (Å²) in [6.45, 7) is 13.2. The van der Waals surface area contributed by atoms with Gasteiger partial charge in [-0.2, -0.15) is 0 Å². The normalized spacial score (nSPS) is 25.4. The van der Waals surface area contributed by atoms with Crippen LogP contribution in [0.5, 0.6) is 0 Å². The van der Waals surface area contributed by atoms with Crippen LogP contribution in [0.4, 0.5) is 0 Å². The lowest BCUT2D eigenvalue weighted by Crippen LogP contribution is -2.44. The van der Waals surface area contributed by atoms with Gasteiger partial charge in [0.2, 0.25) is 0 Å². The average Bonchev–Trinajstić information content (AvgIpc) is 2.66. The molecule has 1 saturated heterocycles. The number of likely N-dealkylation sites (tertiary alicyclic amines) is 1. The molecule has 2 atom stereocenters. The third-order valence-electron chi connectivity index (χ3n) is 4.23. The number of hydrogen-bond donors (Lipinski definition) is 1. The van der Waals surface area contributed by atoms with Crippen LogP contribution in [0.25, 0.3) is 0 Å². The fourth-order valence-electron chi connectivity index (χ4n) is 3.55. The highest BCUT2D eigenvalue weighted by Crippen LogP contribution is 2.30. The van der Waals surface area contributed by atoms with Gasteiger partial charge in [-0.05, 0) is 44.2 Å². The molecular formula is C15H32N2. The van der Waals surface area contributed by atoms with Gasteiger partial charge in [-0.15, -0.1) is 0 Å². The van der Waals surface area contributed by atoms with Crippen molar-refractivity contribution in [3.8, 4) is 0 Å². The molecule has 2 nitrogen and oxygen atoms in total. The maximum Gasteiger partial charge on any atom is 0.0119 e. The minimum absolute atomic E-state index is 0.445. The van der Waals surface area contributed by atoms with E-state index in [2.05, 4.69) is 45.0 Å². The van der Waals surface area contributed by atoms with Crippen LogP contribution in [0.3, 0.4) is 0 Å². The quantitative estimate of drug-likeness (QED) is 0.735. The maximum atomic E-state index is 3.38. The lowest BCUT2D eigenvalue weighted by molar-refractivity contribution is 0.120. The molecule has 0 aromatic carbocycles. The van der Waals surface area contributed by atoms with Gasteiger partial charge in [0.25, 0.3) is 0 Å². The van der Waals surface area contributed by atoms with Gasteiger partial charge in [0.1, 0.15) is 0 Å². The van der Waals surface area contributed by atoms with Crippen molar-refractivity contribution in [1.29, 1.82) is 0 Å². The molecule has 1 aliphatic rings. The summed E-state index contributed by atoms with van der Waals surface area (Å²) in [6, 6.07) is 0.822. The predicted octanol–water partition coefficient (Wildman–Crippen LogP) is 3.13. The van der Waals surface area contributed by atoms with Gasteiger partial charge in [0.15, 0.2) is 0 Å². The molecule has 0 saturated carbocycles. The molecule has 0 aromatic heterocycles.